The zero-order valence-corrected chi connectivity index (χ0v) is 12.8. The molecule has 18 heavy (non-hydrogen) atoms. The Morgan fingerprint density at radius 1 is 1.50 bits per heavy atom. The van der Waals surface area contributed by atoms with Gasteiger partial charge in [0.2, 0.25) is 0 Å². The van der Waals surface area contributed by atoms with E-state index in [2.05, 4.69) is 37.9 Å². The molecule has 0 saturated heterocycles. The lowest BCUT2D eigenvalue weighted by Crippen LogP contribution is -2.16. The van der Waals surface area contributed by atoms with Gasteiger partial charge < -0.3 is 10.6 Å². The van der Waals surface area contributed by atoms with Gasteiger partial charge in [-0.1, -0.05) is 28.1 Å². The molecule has 3 nitrogen and oxygen atoms in total. The molecule has 0 radical (unpaired) electrons. The number of hydrogen-bond donors (Lipinski definition) is 1. The molecule has 96 valence electrons. The minimum absolute atomic E-state index is 0.00531. The molecule has 0 aliphatic rings. The van der Waals surface area contributed by atoms with E-state index in [1.165, 1.54) is 5.56 Å². The van der Waals surface area contributed by atoms with Gasteiger partial charge in [-0.05, 0) is 24.6 Å². The van der Waals surface area contributed by atoms with Crippen molar-refractivity contribution in [3.63, 3.8) is 0 Å². The summed E-state index contributed by atoms with van der Waals surface area (Å²) in [6.07, 6.45) is 0. The van der Waals surface area contributed by atoms with Crippen LogP contribution in [0.25, 0.3) is 0 Å². The Kier molecular flexibility index (Phi) is 4.37. The number of aromatic nitrogens is 1. The van der Waals surface area contributed by atoms with Gasteiger partial charge in [-0.25, -0.2) is 4.98 Å². The van der Waals surface area contributed by atoms with E-state index in [0.717, 1.165) is 21.8 Å². The molecule has 2 rings (SSSR count). The third kappa shape index (κ3) is 3.31. The van der Waals surface area contributed by atoms with Gasteiger partial charge in [0.1, 0.15) is 0 Å². The molecule has 1 unspecified atom stereocenters. The predicted octanol–water partition coefficient (Wildman–Crippen LogP) is 3.56. The average Bonchev–Trinajstić information content (AvgIpc) is 2.78. The Bertz CT molecular complexity index is 524. The minimum atomic E-state index is -0.00531. The summed E-state index contributed by atoms with van der Waals surface area (Å²) in [7, 11) is 2.05. The van der Waals surface area contributed by atoms with E-state index in [1.807, 2.05) is 31.5 Å². The molecule has 2 N–H and O–H groups in total. The Balaban J connectivity index is 2.09. The van der Waals surface area contributed by atoms with Gasteiger partial charge in [-0.3, -0.25) is 0 Å². The van der Waals surface area contributed by atoms with Crippen LogP contribution in [0.1, 0.15) is 24.2 Å². The first-order valence-corrected chi connectivity index (χ1v) is 7.40. The van der Waals surface area contributed by atoms with Gasteiger partial charge in [0.05, 0.1) is 5.69 Å². The maximum Gasteiger partial charge on any atom is 0.185 e. The zero-order valence-electron chi connectivity index (χ0n) is 10.4. The second-order valence-electron chi connectivity index (χ2n) is 4.33. The van der Waals surface area contributed by atoms with E-state index in [9.17, 15) is 0 Å². The van der Waals surface area contributed by atoms with E-state index >= 15 is 0 Å². The average molecular weight is 326 g/mol. The molecule has 2 aromatic rings. The number of nitrogens with zero attached hydrogens (tertiary/aromatic N) is 2. The van der Waals surface area contributed by atoms with Crippen LogP contribution in [0.3, 0.4) is 0 Å². The molecular formula is C13H16BrN3S. The molecule has 1 aromatic heterocycles. The molecule has 0 amide bonds. The van der Waals surface area contributed by atoms with Crippen molar-refractivity contribution in [1.82, 2.24) is 4.98 Å². The number of hydrogen-bond acceptors (Lipinski definition) is 4. The minimum Gasteiger partial charge on any atom is -0.347 e. The zero-order chi connectivity index (χ0) is 13.1. The second kappa shape index (κ2) is 5.82. The number of nitrogens with two attached hydrogens (primary N) is 1. The van der Waals surface area contributed by atoms with E-state index < -0.39 is 0 Å². The number of halogens is 1. The van der Waals surface area contributed by atoms with Crippen molar-refractivity contribution < 1.29 is 0 Å². The SMILES string of the molecule is CC(N)c1csc(N(C)Cc2cccc(Br)c2)n1. The molecule has 0 aliphatic carbocycles. The summed E-state index contributed by atoms with van der Waals surface area (Å²) in [5, 5.41) is 3.03. The Hall–Kier alpha value is -0.910. The van der Waals surface area contributed by atoms with Crippen LogP contribution in [0.15, 0.2) is 34.1 Å². The van der Waals surface area contributed by atoms with Crippen LogP contribution >= 0.6 is 27.3 Å². The molecule has 5 heteroatoms. The van der Waals surface area contributed by atoms with Crippen LogP contribution in [0, 0.1) is 0 Å². The Labute approximate surface area is 120 Å². The van der Waals surface area contributed by atoms with Crippen molar-refractivity contribution in [2.75, 3.05) is 11.9 Å². The normalized spacial score (nSPS) is 12.4. The molecule has 1 atom stereocenters. The molecule has 0 aliphatic heterocycles. The molecular weight excluding hydrogens is 310 g/mol. The van der Waals surface area contributed by atoms with Gasteiger partial charge in [-0.15, -0.1) is 11.3 Å². The Morgan fingerprint density at radius 3 is 2.89 bits per heavy atom. The van der Waals surface area contributed by atoms with Gasteiger partial charge in [-0.2, -0.15) is 0 Å². The maximum atomic E-state index is 5.82. The van der Waals surface area contributed by atoms with Crippen LogP contribution < -0.4 is 10.6 Å². The third-order valence-electron chi connectivity index (χ3n) is 2.61. The molecule has 0 fully saturated rings. The van der Waals surface area contributed by atoms with Crippen molar-refractivity contribution in [1.29, 1.82) is 0 Å². The first-order chi connectivity index (χ1) is 8.56. The van der Waals surface area contributed by atoms with E-state index in [0.29, 0.717) is 0 Å². The number of anilines is 1. The largest absolute Gasteiger partial charge is 0.347 e. The van der Waals surface area contributed by atoms with Crippen LogP contribution in [0.4, 0.5) is 5.13 Å². The Morgan fingerprint density at radius 2 is 2.28 bits per heavy atom. The summed E-state index contributed by atoms with van der Waals surface area (Å²) >= 11 is 5.12. The molecule has 0 bridgehead atoms. The highest BCUT2D eigenvalue weighted by molar-refractivity contribution is 9.10. The van der Waals surface area contributed by atoms with Crippen LogP contribution in [-0.2, 0) is 6.54 Å². The molecule has 0 saturated carbocycles. The lowest BCUT2D eigenvalue weighted by Gasteiger charge is -2.16. The van der Waals surface area contributed by atoms with Gasteiger partial charge in [0.25, 0.3) is 0 Å². The summed E-state index contributed by atoms with van der Waals surface area (Å²) in [6.45, 7) is 2.79. The van der Waals surface area contributed by atoms with Gasteiger partial charge >= 0.3 is 0 Å². The predicted molar refractivity (Wildman–Crippen MR) is 81.0 cm³/mol. The maximum absolute atomic E-state index is 5.82. The fourth-order valence-electron chi connectivity index (χ4n) is 1.64. The van der Waals surface area contributed by atoms with Crippen molar-refractivity contribution in [2.45, 2.75) is 19.5 Å². The van der Waals surface area contributed by atoms with Gasteiger partial charge in [0, 0.05) is 29.5 Å². The lowest BCUT2D eigenvalue weighted by atomic mass is 10.2. The second-order valence-corrected chi connectivity index (χ2v) is 6.08. The van der Waals surface area contributed by atoms with Gasteiger partial charge in [0.15, 0.2) is 5.13 Å². The topological polar surface area (TPSA) is 42.1 Å². The fourth-order valence-corrected chi connectivity index (χ4v) is 2.98. The highest BCUT2D eigenvalue weighted by atomic mass is 79.9. The monoisotopic (exact) mass is 325 g/mol. The number of rotatable bonds is 4. The van der Waals surface area contributed by atoms with E-state index in [1.54, 1.807) is 11.3 Å². The summed E-state index contributed by atoms with van der Waals surface area (Å²) in [5.74, 6) is 0. The third-order valence-corrected chi connectivity index (χ3v) is 4.08. The van der Waals surface area contributed by atoms with Crippen LogP contribution in [0.5, 0.6) is 0 Å². The summed E-state index contributed by atoms with van der Waals surface area (Å²) in [6, 6.07) is 8.30. The van der Waals surface area contributed by atoms with Crippen LogP contribution in [-0.4, -0.2) is 12.0 Å². The first-order valence-electron chi connectivity index (χ1n) is 5.73. The van der Waals surface area contributed by atoms with Crippen LogP contribution in [0.2, 0.25) is 0 Å². The molecule has 0 spiro atoms. The van der Waals surface area contributed by atoms with E-state index in [4.69, 9.17) is 5.73 Å². The number of thiazole rings is 1. The smallest absolute Gasteiger partial charge is 0.185 e. The fraction of sp³-hybridized carbons (Fsp3) is 0.308. The highest BCUT2D eigenvalue weighted by Gasteiger charge is 2.10. The van der Waals surface area contributed by atoms with Crippen molar-refractivity contribution in [2.24, 2.45) is 5.73 Å². The van der Waals surface area contributed by atoms with Crippen molar-refractivity contribution >= 4 is 32.4 Å². The van der Waals surface area contributed by atoms with Crippen molar-refractivity contribution in [3.05, 3.63) is 45.4 Å². The summed E-state index contributed by atoms with van der Waals surface area (Å²) in [4.78, 5) is 6.67. The van der Waals surface area contributed by atoms with E-state index in [-0.39, 0.29) is 6.04 Å². The number of benzene rings is 1. The molecule has 1 heterocycles. The van der Waals surface area contributed by atoms with Crippen molar-refractivity contribution in [3.8, 4) is 0 Å². The summed E-state index contributed by atoms with van der Waals surface area (Å²) in [5.41, 5.74) is 8.03. The summed E-state index contributed by atoms with van der Waals surface area (Å²) < 4.78 is 1.10. The quantitative estimate of drug-likeness (QED) is 0.934. The highest BCUT2D eigenvalue weighted by Crippen LogP contribution is 2.24. The lowest BCUT2D eigenvalue weighted by molar-refractivity contribution is 0.783. The molecule has 1 aromatic carbocycles. The standard InChI is InChI=1S/C13H16BrN3S/c1-9(15)12-8-18-13(16-12)17(2)7-10-4-3-5-11(14)6-10/h3-6,8-9H,7,15H2,1-2H3. The first kappa shape index (κ1) is 13.5.